The Morgan fingerprint density at radius 3 is 2.17 bits per heavy atom. The van der Waals surface area contributed by atoms with Crippen molar-refractivity contribution in [1.29, 1.82) is 0 Å². The molecule has 1 fully saturated rings. The summed E-state index contributed by atoms with van der Waals surface area (Å²) >= 11 is 0. The number of nitrogens with zero attached hydrogens (tertiary/aromatic N) is 1. The number of aliphatic hydroxyl groups excluding tert-OH is 1. The van der Waals surface area contributed by atoms with Gasteiger partial charge in [0.25, 0.3) is 0 Å². The maximum Gasteiger partial charge on any atom is 0.408 e. The maximum atomic E-state index is 12.9. The Bertz CT molecular complexity index is 507. The normalized spacial score (nSPS) is 22.9. The van der Waals surface area contributed by atoms with Gasteiger partial charge >= 0.3 is 6.09 Å². The van der Waals surface area contributed by atoms with Crippen LogP contribution in [0.25, 0.3) is 0 Å². The largest absolute Gasteiger partial charge is 0.444 e. The first-order valence-corrected chi connectivity index (χ1v) is 7.99. The third kappa shape index (κ3) is 5.36. The Hall–Kier alpha value is -1.83. The van der Waals surface area contributed by atoms with E-state index < -0.39 is 47.1 Å². The predicted octanol–water partition coefficient (Wildman–Crippen LogP) is 0.373. The first-order valence-electron chi connectivity index (χ1n) is 7.99. The molecule has 8 heteroatoms. The van der Waals surface area contributed by atoms with E-state index in [1.807, 2.05) is 0 Å². The van der Waals surface area contributed by atoms with Crippen molar-refractivity contribution in [3.8, 4) is 0 Å². The molecule has 138 valence electrons. The first-order chi connectivity index (χ1) is 10.7. The van der Waals surface area contributed by atoms with Crippen LogP contribution < -0.4 is 11.1 Å². The number of alkyl carbamates (subject to hydrolysis) is 1. The number of likely N-dealkylation sites (tertiary alicyclic amines) is 1. The van der Waals surface area contributed by atoms with Gasteiger partial charge in [-0.25, -0.2) is 4.79 Å². The van der Waals surface area contributed by atoms with Gasteiger partial charge in [-0.15, -0.1) is 0 Å². The fraction of sp³-hybridized carbons (Fsp3) is 0.812. The minimum Gasteiger partial charge on any atom is -0.444 e. The molecule has 24 heavy (non-hydrogen) atoms. The van der Waals surface area contributed by atoms with Gasteiger partial charge in [-0.2, -0.15) is 0 Å². The van der Waals surface area contributed by atoms with Gasteiger partial charge in [0.15, 0.2) is 0 Å². The zero-order valence-electron chi connectivity index (χ0n) is 15.3. The summed E-state index contributed by atoms with van der Waals surface area (Å²) in [5, 5.41) is 12.4. The average molecular weight is 343 g/mol. The number of aliphatic hydroxyl groups is 1. The number of nitrogens with two attached hydrogens (primary N) is 1. The number of ether oxygens (including phenoxy) is 1. The van der Waals surface area contributed by atoms with E-state index in [2.05, 4.69) is 5.32 Å². The van der Waals surface area contributed by atoms with Gasteiger partial charge in [0.2, 0.25) is 11.8 Å². The van der Waals surface area contributed by atoms with Crippen LogP contribution in [0.5, 0.6) is 0 Å². The number of β-amino-alcohol motifs (C(OH)–C–C–N with tert-alkyl or cyclic N) is 1. The molecule has 1 aliphatic heterocycles. The van der Waals surface area contributed by atoms with E-state index >= 15 is 0 Å². The molecule has 1 saturated heterocycles. The van der Waals surface area contributed by atoms with Crippen LogP contribution in [0.2, 0.25) is 0 Å². The lowest BCUT2D eigenvalue weighted by atomic mass is 9.85. The van der Waals surface area contributed by atoms with E-state index in [0.29, 0.717) is 0 Å². The van der Waals surface area contributed by atoms with Crippen LogP contribution >= 0.6 is 0 Å². The fourth-order valence-corrected chi connectivity index (χ4v) is 2.57. The molecule has 1 heterocycles. The third-order valence-electron chi connectivity index (χ3n) is 3.66. The van der Waals surface area contributed by atoms with Gasteiger partial charge in [0.05, 0.1) is 6.10 Å². The lowest BCUT2D eigenvalue weighted by Crippen LogP contribution is -2.57. The SMILES string of the molecule is CC(C)(C)OC(=O)N[C@H](C(=O)N1C[C@H](O)C[C@H]1C(N)=O)C(C)(C)C. The molecule has 0 aromatic heterocycles. The number of hydrogen-bond donors (Lipinski definition) is 3. The molecule has 0 aliphatic carbocycles. The zero-order chi connectivity index (χ0) is 18.9. The number of hydrogen-bond acceptors (Lipinski definition) is 5. The molecule has 3 amide bonds. The number of amides is 3. The molecule has 0 saturated carbocycles. The third-order valence-corrected chi connectivity index (χ3v) is 3.66. The summed E-state index contributed by atoms with van der Waals surface area (Å²) in [6.07, 6.45) is -1.43. The van der Waals surface area contributed by atoms with Crippen LogP contribution in [0.1, 0.15) is 48.0 Å². The Labute approximate surface area is 142 Å². The second-order valence-corrected chi connectivity index (χ2v) is 8.24. The number of nitrogens with one attached hydrogen (secondary N) is 1. The Balaban J connectivity index is 2.98. The molecule has 1 aliphatic rings. The molecule has 0 aromatic rings. The quantitative estimate of drug-likeness (QED) is 0.683. The summed E-state index contributed by atoms with van der Waals surface area (Å²) in [5.41, 5.74) is 4.01. The topological polar surface area (TPSA) is 122 Å². The van der Waals surface area contributed by atoms with Crippen molar-refractivity contribution in [3.05, 3.63) is 0 Å². The van der Waals surface area contributed by atoms with Gasteiger partial charge in [-0.05, 0) is 26.2 Å². The smallest absolute Gasteiger partial charge is 0.408 e. The summed E-state index contributed by atoms with van der Waals surface area (Å²) in [4.78, 5) is 37.7. The molecule has 0 radical (unpaired) electrons. The van der Waals surface area contributed by atoms with E-state index in [1.54, 1.807) is 41.5 Å². The summed E-state index contributed by atoms with van der Waals surface area (Å²) in [6.45, 7) is 10.5. The highest BCUT2D eigenvalue weighted by Crippen LogP contribution is 2.26. The van der Waals surface area contributed by atoms with Crippen LogP contribution in [0.15, 0.2) is 0 Å². The summed E-state index contributed by atoms with van der Waals surface area (Å²) in [7, 11) is 0. The minimum absolute atomic E-state index is 0.00895. The van der Waals surface area contributed by atoms with Crippen LogP contribution in [0.4, 0.5) is 4.79 Å². The van der Waals surface area contributed by atoms with E-state index in [-0.39, 0.29) is 13.0 Å². The molecular formula is C16H29N3O5. The average Bonchev–Trinajstić information content (AvgIpc) is 2.74. The van der Waals surface area contributed by atoms with E-state index in [4.69, 9.17) is 10.5 Å². The standard InChI is InChI=1S/C16H29N3O5/c1-15(2,3)11(18-14(23)24-16(4,5)6)13(22)19-8-9(20)7-10(19)12(17)21/h9-11,20H,7-8H2,1-6H3,(H2,17,21)(H,18,23)/t9-,10+,11-/m1/s1. The molecule has 0 spiro atoms. The van der Waals surface area contributed by atoms with Gasteiger partial charge in [0, 0.05) is 13.0 Å². The maximum absolute atomic E-state index is 12.9. The second kappa shape index (κ2) is 6.96. The number of rotatable bonds is 3. The molecule has 8 nitrogen and oxygen atoms in total. The summed E-state index contributed by atoms with van der Waals surface area (Å²) < 4.78 is 5.21. The van der Waals surface area contributed by atoms with Crippen molar-refractivity contribution < 1.29 is 24.2 Å². The van der Waals surface area contributed by atoms with Crippen molar-refractivity contribution in [3.63, 3.8) is 0 Å². The minimum atomic E-state index is -0.917. The first kappa shape index (κ1) is 20.2. The molecular weight excluding hydrogens is 314 g/mol. The number of carbonyl (C=O) groups is 3. The lowest BCUT2D eigenvalue weighted by Gasteiger charge is -2.35. The highest BCUT2D eigenvalue weighted by atomic mass is 16.6. The zero-order valence-corrected chi connectivity index (χ0v) is 15.3. The Morgan fingerprint density at radius 1 is 1.21 bits per heavy atom. The molecule has 0 bridgehead atoms. The molecule has 1 rings (SSSR count). The number of carbonyl (C=O) groups excluding carboxylic acids is 3. The van der Waals surface area contributed by atoms with Crippen LogP contribution in [0.3, 0.4) is 0 Å². The molecule has 4 N–H and O–H groups in total. The van der Waals surface area contributed by atoms with Crippen molar-refractivity contribution in [2.24, 2.45) is 11.1 Å². The highest BCUT2D eigenvalue weighted by Gasteiger charge is 2.44. The monoisotopic (exact) mass is 343 g/mol. The summed E-state index contributed by atoms with van der Waals surface area (Å²) in [6, 6.07) is -1.79. The van der Waals surface area contributed by atoms with Crippen LogP contribution in [0, 0.1) is 5.41 Å². The molecule has 3 atom stereocenters. The van der Waals surface area contributed by atoms with Gasteiger partial charge in [0.1, 0.15) is 17.7 Å². The molecule has 0 aromatic carbocycles. The summed E-state index contributed by atoms with van der Waals surface area (Å²) in [5.74, 6) is -1.14. The van der Waals surface area contributed by atoms with Crippen molar-refractivity contribution >= 4 is 17.9 Å². The molecule has 0 unspecified atom stereocenters. The fourth-order valence-electron chi connectivity index (χ4n) is 2.57. The van der Waals surface area contributed by atoms with Crippen molar-refractivity contribution in [2.75, 3.05) is 6.54 Å². The van der Waals surface area contributed by atoms with Gasteiger partial charge in [-0.3, -0.25) is 9.59 Å². The van der Waals surface area contributed by atoms with Crippen LogP contribution in [-0.2, 0) is 14.3 Å². The highest BCUT2D eigenvalue weighted by molar-refractivity contribution is 5.91. The van der Waals surface area contributed by atoms with Crippen molar-refractivity contribution in [2.45, 2.75) is 71.8 Å². The lowest BCUT2D eigenvalue weighted by molar-refractivity contribution is -0.141. The van der Waals surface area contributed by atoms with E-state index in [0.717, 1.165) is 0 Å². The Kier molecular flexibility index (Phi) is 5.86. The van der Waals surface area contributed by atoms with E-state index in [1.165, 1.54) is 4.90 Å². The van der Waals surface area contributed by atoms with Gasteiger partial charge < -0.3 is 25.8 Å². The predicted molar refractivity (Wildman–Crippen MR) is 87.9 cm³/mol. The second-order valence-electron chi connectivity index (χ2n) is 8.24. The Morgan fingerprint density at radius 2 is 1.75 bits per heavy atom. The van der Waals surface area contributed by atoms with E-state index in [9.17, 15) is 19.5 Å². The van der Waals surface area contributed by atoms with Gasteiger partial charge in [-0.1, -0.05) is 20.8 Å². The van der Waals surface area contributed by atoms with Crippen molar-refractivity contribution in [1.82, 2.24) is 10.2 Å². The van der Waals surface area contributed by atoms with Crippen LogP contribution in [-0.4, -0.2) is 58.2 Å². The number of primary amides is 1.